The Hall–Kier alpha value is -4.36. The van der Waals surface area contributed by atoms with Gasteiger partial charge in [-0.25, -0.2) is 0 Å². The van der Waals surface area contributed by atoms with E-state index in [4.69, 9.17) is 52.1 Å². The van der Waals surface area contributed by atoms with Gasteiger partial charge in [0.2, 0.25) is 12.4 Å². The van der Waals surface area contributed by atoms with Gasteiger partial charge >= 0.3 is 47.8 Å². The zero-order valence-corrected chi connectivity index (χ0v) is 46.9. The van der Waals surface area contributed by atoms with E-state index < -0.39 is 166 Å². The molecule has 71 heavy (non-hydrogen) atoms. The van der Waals surface area contributed by atoms with Gasteiger partial charge in [-0.3, -0.25) is 38.4 Å². The molecule has 2 rings (SSSR count). The third-order valence-electron chi connectivity index (χ3n) is 10.6. The fourth-order valence-electron chi connectivity index (χ4n) is 5.74. The van der Waals surface area contributed by atoms with E-state index in [1.165, 1.54) is 0 Å². The Morgan fingerprint density at radius 2 is 0.507 bits per heavy atom. The van der Waals surface area contributed by atoms with Crippen LogP contribution in [0, 0.1) is 43.3 Å². The molecule has 2 heterocycles. The van der Waals surface area contributed by atoms with Crippen LogP contribution in [0.1, 0.15) is 166 Å². The molecule has 0 bridgehead atoms. The van der Waals surface area contributed by atoms with Crippen LogP contribution in [0.4, 0.5) is 0 Å². The highest BCUT2D eigenvalue weighted by atomic mass is 16.8. The molecule has 0 saturated carbocycles. The average Bonchev–Trinajstić information content (AvgIpc) is 3.16. The van der Waals surface area contributed by atoms with E-state index in [9.17, 15) is 38.4 Å². The zero-order valence-electron chi connectivity index (χ0n) is 46.9. The summed E-state index contributed by atoms with van der Waals surface area (Å²) in [5.41, 5.74) is -9.31. The summed E-state index contributed by atoms with van der Waals surface area (Å²) < 4.78 is 68.3. The minimum Gasteiger partial charge on any atom is -0.462 e. The minimum absolute atomic E-state index is 0.644. The Balaban J connectivity index is 3.24. The maximum atomic E-state index is 14.2. The summed E-state index contributed by atoms with van der Waals surface area (Å²) in [6.07, 6.45) is -17.6. The van der Waals surface area contributed by atoms with E-state index in [0.29, 0.717) is 0 Å². The molecule has 0 amide bonds. The summed E-state index contributed by atoms with van der Waals surface area (Å²) in [6.45, 7) is 36.5. The van der Waals surface area contributed by atoms with Gasteiger partial charge < -0.3 is 52.1 Å². The highest BCUT2D eigenvalue weighted by Gasteiger charge is 2.60. The number of rotatable bonds is 12. The van der Waals surface area contributed by atoms with Gasteiger partial charge in [0, 0.05) is 0 Å². The smallest absolute Gasteiger partial charge is 0.313 e. The third kappa shape index (κ3) is 18.0. The molecule has 408 valence electrons. The van der Waals surface area contributed by atoms with Gasteiger partial charge in [0.25, 0.3) is 0 Å². The Labute approximate surface area is 421 Å². The maximum absolute atomic E-state index is 14.2. The lowest BCUT2D eigenvalue weighted by Gasteiger charge is -2.49. The number of ether oxygens (including phenoxy) is 11. The number of carbonyl (C=O) groups excluding carboxylic acids is 8. The second kappa shape index (κ2) is 22.4. The molecule has 19 heteroatoms. The molecule has 0 aromatic rings. The first-order chi connectivity index (χ1) is 31.6. The van der Waals surface area contributed by atoms with Crippen LogP contribution in [0.25, 0.3) is 0 Å². The molecule has 0 aromatic carbocycles. The molecule has 19 nitrogen and oxygen atoms in total. The van der Waals surface area contributed by atoms with Crippen molar-refractivity contribution in [1.29, 1.82) is 0 Å². The van der Waals surface area contributed by atoms with Crippen LogP contribution in [0.3, 0.4) is 0 Å². The fraction of sp³-hybridized carbons (Fsp3) is 0.846. The summed E-state index contributed by atoms with van der Waals surface area (Å²) in [5.74, 6) is -6.44. The van der Waals surface area contributed by atoms with Gasteiger partial charge in [0.15, 0.2) is 30.7 Å². The summed E-state index contributed by atoms with van der Waals surface area (Å²) in [4.78, 5) is 111. The zero-order chi connectivity index (χ0) is 55.6. The second-order valence-corrected chi connectivity index (χ2v) is 26.6. The van der Waals surface area contributed by atoms with Gasteiger partial charge in [0.1, 0.15) is 31.5 Å². The summed E-state index contributed by atoms with van der Waals surface area (Å²) in [5, 5.41) is 0. The summed E-state index contributed by atoms with van der Waals surface area (Å²) in [6, 6.07) is 0. The largest absolute Gasteiger partial charge is 0.462 e. The van der Waals surface area contributed by atoms with Crippen molar-refractivity contribution in [3.05, 3.63) is 0 Å². The third-order valence-corrected chi connectivity index (χ3v) is 10.6. The molecule has 0 unspecified atom stereocenters. The lowest BCUT2D eigenvalue weighted by molar-refractivity contribution is -0.360. The molecule has 2 saturated heterocycles. The molecule has 0 aromatic heterocycles. The summed E-state index contributed by atoms with van der Waals surface area (Å²) >= 11 is 0. The maximum Gasteiger partial charge on any atom is 0.313 e. The number of carbonyl (C=O) groups is 8. The first kappa shape index (κ1) is 62.8. The Kier molecular flexibility index (Phi) is 19.8. The van der Waals surface area contributed by atoms with Crippen LogP contribution in [-0.4, -0.2) is 122 Å². The van der Waals surface area contributed by atoms with Crippen molar-refractivity contribution in [3.63, 3.8) is 0 Å². The van der Waals surface area contributed by atoms with Gasteiger partial charge in [-0.15, -0.1) is 0 Å². The number of esters is 8. The van der Waals surface area contributed by atoms with Crippen LogP contribution in [0.2, 0.25) is 0 Å². The van der Waals surface area contributed by atoms with Crippen molar-refractivity contribution in [2.75, 3.05) is 13.2 Å². The normalized spacial score (nSPS) is 26.0. The highest BCUT2D eigenvalue weighted by Crippen LogP contribution is 2.40. The molecule has 2 aliphatic rings. The van der Waals surface area contributed by atoms with Crippen molar-refractivity contribution in [2.24, 2.45) is 43.3 Å². The Bertz CT molecular complexity index is 1930. The Morgan fingerprint density at radius 1 is 0.282 bits per heavy atom. The lowest BCUT2D eigenvalue weighted by atomic mass is 9.92. The molecule has 2 fully saturated rings. The quantitative estimate of drug-likeness (QED) is 0.137. The van der Waals surface area contributed by atoms with Crippen molar-refractivity contribution in [2.45, 2.75) is 228 Å². The van der Waals surface area contributed by atoms with Crippen LogP contribution in [0.5, 0.6) is 0 Å². The van der Waals surface area contributed by atoms with Gasteiger partial charge in [-0.05, 0) is 166 Å². The molecule has 0 radical (unpaired) electrons. The lowest BCUT2D eigenvalue weighted by Crippen LogP contribution is -2.68. The van der Waals surface area contributed by atoms with E-state index in [1.807, 2.05) is 0 Å². The van der Waals surface area contributed by atoms with Gasteiger partial charge in [0.05, 0.1) is 43.3 Å². The van der Waals surface area contributed by atoms with Crippen molar-refractivity contribution in [3.8, 4) is 0 Å². The predicted octanol–water partition coefficient (Wildman–Crippen LogP) is 7.38. The summed E-state index contributed by atoms with van der Waals surface area (Å²) in [7, 11) is 0. The SMILES string of the molecule is CC(C)(C)C(=O)OC[C@H]1O[C@@H](O[C@H]2[C@H](OC(=O)C(C)(C)C)[C@@H](OC(=O)C(C)(C)C)[C@H](OC(=O)C(C)(C)C)O[C@@H]2COC(=O)C(C)(C)C)[C@H](OC(=O)C(C)(C)C)[C@@H](OC(=O)C(C)(C)C)[C@H]1OC(=O)C(C)(C)C. The monoisotopic (exact) mass is 1010 g/mol. The molecule has 2 aliphatic heterocycles. The van der Waals surface area contributed by atoms with Gasteiger partial charge in [-0.1, -0.05) is 0 Å². The van der Waals surface area contributed by atoms with E-state index in [1.54, 1.807) is 166 Å². The van der Waals surface area contributed by atoms with Crippen LogP contribution in [-0.2, 0) is 90.5 Å². The molecule has 0 spiro atoms. The Morgan fingerprint density at radius 3 is 0.817 bits per heavy atom. The number of hydrogen-bond donors (Lipinski definition) is 0. The van der Waals surface area contributed by atoms with Crippen LogP contribution < -0.4 is 0 Å². The van der Waals surface area contributed by atoms with Crippen molar-refractivity contribution >= 4 is 47.8 Å². The van der Waals surface area contributed by atoms with Crippen LogP contribution >= 0.6 is 0 Å². The minimum atomic E-state index is -1.96. The van der Waals surface area contributed by atoms with Crippen LogP contribution in [0.15, 0.2) is 0 Å². The first-order valence-electron chi connectivity index (χ1n) is 24.2. The first-order valence-corrected chi connectivity index (χ1v) is 24.2. The standard InChI is InChI=1S/C52H86O19/c1-45(2,3)37(53)61-25-27-29(31(67-40(56)48(10,11)12)34(70-43(59)51(19,20)21)36(64-27)71-44(60)52(22,23)24)65-35-33(69-42(58)50(16,17)18)32(68-41(57)49(13,14)15)30(66-39(55)47(7,8)9)28(63-35)26-62-38(54)46(4,5)6/h27-36H,25-26H2,1-24H3/t27-,28-,29-,30+,31+,32+,33-,34-,35+,36+/m1/s1. The molecule has 0 N–H and O–H groups in total. The topological polar surface area (TPSA) is 238 Å². The molecular formula is C52H86O19. The van der Waals surface area contributed by atoms with Gasteiger partial charge in [-0.2, -0.15) is 0 Å². The molecule has 0 aliphatic carbocycles. The molecule has 10 atom stereocenters. The molecular weight excluding hydrogens is 929 g/mol. The predicted molar refractivity (Wildman–Crippen MR) is 255 cm³/mol. The number of hydrogen-bond acceptors (Lipinski definition) is 19. The van der Waals surface area contributed by atoms with Crippen molar-refractivity contribution < 1.29 is 90.5 Å². The van der Waals surface area contributed by atoms with E-state index in [-0.39, 0.29) is 0 Å². The second-order valence-electron chi connectivity index (χ2n) is 26.6. The highest BCUT2D eigenvalue weighted by molar-refractivity contribution is 5.79. The van der Waals surface area contributed by atoms with E-state index >= 15 is 0 Å². The van der Waals surface area contributed by atoms with E-state index in [2.05, 4.69) is 0 Å². The fourth-order valence-corrected chi connectivity index (χ4v) is 5.74. The van der Waals surface area contributed by atoms with Crippen molar-refractivity contribution in [1.82, 2.24) is 0 Å². The van der Waals surface area contributed by atoms with E-state index in [0.717, 1.165) is 0 Å². The average molecular weight is 1020 g/mol.